The molecule has 1 N–H and O–H groups in total. The topological polar surface area (TPSA) is 70.0 Å². The van der Waals surface area contributed by atoms with Crippen LogP contribution in [0.25, 0.3) is 11.1 Å². The van der Waals surface area contributed by atoms with Crippen molar-refractivity contribution in [3.8, 4) is 17.2 Å². The van der Waals surface area contributed by atoms with Crippen LogP contribution in [-0.2, 0) is 16.4 Å². The molecule has 21 heavy (non-hydrogen) atoms. The van der Waals surface area contributed by atoms with Crippen molar-refractivity contribution in [2.45, 2.75) is 18.6 Å². The van der Waals surface area contributed by atoms with Crippen LogP contribution < -0.4 is 4.72 Å². The van der Waals surface area contributed by atoms with Gasteiger partial charge in [-0.3, -0.25) is 4.72 Å². The first-order chi connectivity index (χ1) is 10.0. The molecule has 106 valence electrons. The summed E-state index contributed by atoms with van der Waals surface area (Å²) in [5.41, 5.74) is 5.19. The minimum Gasteiger partial charge on any atom is -0.282 e. The van der Waals surface area contributed by atoms with Crippen molar-refractivity contribution in [1.82, 2.24) is 0 Å². The Morgan fingerprint density at radius 3 is 2.62 bits per heavy atom. The van der Waals surface area contributed by atoms with Crippen molar-refractivity contribution in [2.75, 3.05) is 4.72 Å². The monoisotopic (exact) mass is 298 g/mol. The largest absolute Gasteiger partial charge is 0.282 e. The average Bonchev–Trinajstić information content (AvgIpc) is 2.83. The van der Waals surface area contributed by atoms with Crippen LogP contribution in [0.2, 0.25) is 0 Å². The summed E-state index contributed by atoms with van der Waals surface area (Å²) in [4.78, 5) is 0. The molecule has 0 fully saturated rings. The zero-order valence-corrected chi connectivity index (χ0v) is 12.3. The molecule has 0 saturated carbocycles. The molecule has 1 unspecified atom stereocenters. The number of hydrogen-bond donors (Lipinski definition) is 1. The van der Waals surface area contributed by atoms with Gasteiger partial charge < -0.3 is 0 Å². The van der Waals surface area contributed by atoms with E-state index in [-0.39, 0.29) is 0 Å². The summed E-state index contributed by atoms with van der Waals surface area (Å²) >= 11 is 0. The highest BCUT2D eigenvalue weighted by Gasteiger charge is 2.22. The predicted octanol–water partition coefficient (Wildman–Crippen LogP) is 2.91. The number of fused-ring (bicyclic) bond motifs is 3. The number of sulfonamides is 1. The fourth-order valence-electron chi connectivity index (χ4n) is 2.53. The second-order valence-corrected chi connectivity index (χ2v) is 7.13. The Morgan fingerprint density at radius 1 is 1.14 bits per heavy atom. The van der Waals surface area contributed by atoms with Crippen LogP contribution in [0.3, 0.4) is 0 Å². The molecule has 4 nitrogen and oxygen atoms in total. The van der Waals surface area contributed by atoms with Gasteiger partial charge >= 0.3 is 0 Å². The van der Waals surface area contributed by atoms with E-state index in [4.69, 9.17) is 5.26 Å². The molecule has 1 atom stereocenters. The van der Waals surface area contributed by atoms with Crippen molar-refractivity contribution in [3.63, 3.8) is 0 Å². The minimum absolute atomic E-state index is 0.503. The maximum absolute atomic E-state index is 11.9. The smallest absolute Gasteiger partial charge is 0.248 e. The quantitative estimate of drug-likeness (QED) is 0.808. The van der Waals surface area contributed by atoms with Crippen LogP contribution in [0, 0.1) is 11.3 Å². The Bertz CT molecular complexity index is 851. The molecule has 0 spiro atoms. The van der Waals surface area contributed by atoms with Crippen LogP contribution in [0.4, 0.5) is 5.69 Å². The van der Waals surface area contributed by atoms with Gasteiger partial charge in [0.1, 0.15) is 0 Å². The van der Waals surface area contributed by atoms with E-state index in [2.05, 4.69) is 16.9 Å². The maximum atomic E-state index is 11.9. The van der Waals surface area contributed by atoms with Crippen molar-refractivity contribution in [1.29, 1.82) is 5.26 Å². The van der Waals surface area contributed by atoms with Crippen molar-refractivity contribution in [3.05, 3.63) is 53.6 Å². The number of nitrogens with one attached hydrogen (secondary N) is 1. The first-order valence-electron chi connectivity index (χ1n) is 6.64. The molecule has 1 aliphatic carbocycles. The van der Waals surface area contributed by atoms with Crippen LogP contribution in [0.1, 0.15) is 18.1 Å². The second-order valence-electron chi connectivity index (χ2n) is 5.12. The fourth-order valence-corrected chi connectivity index (χ4v) is 3.30. The summed E-state index contributed by atoms with van der Waals surface area (Å²) in [7, 11) is -3.66. The van der Waals surface area contributed by atoms with Gasteiger partial charge in [0.2, 0.25) is 10.0 Å². The zero-order chi connectivity index (χ0) is 15.0. The van der Waals surface area contributed by atoms with Gasteiger partial charge in [0.15, 0.2) is 5.25 Å². The third-order valence-electron chi connectivity index (χ3n) is 3.70. The predicted molar refractivity (Wildman–Crippen MR) is 82.3 cm³/mol. The van der Waals surface area contributed by atoms with Crippen LogP contribution in [-0.4, -0.2) is 13.7 Å². The molecule has 2 aromatic carbocycles. The fraction of sp³-hybridized carbons (Fsp3) is 0.188. The average molecular weight is 298 g/mol. The van der Waals surface area contributed by atoms with Gasteiger partial charge in [-0.15, -0.1) is 0 Å². The van der Waals surface area contributed by atoms with E-state index in [9.17, 15) is 8.42 Å². The number of hydrogen-bond acceptors (Lipinski definition) is 3. The number of anilines is 1. The minimum atomic E-state index is -3.66. The Hall–Kier alpha value is -2.32. The van der Waals surface area contributed by atoms with E-state index in [1.54, 1.807) is 12.1 Å². The summed E-state index contributed by atoms with van der Waals surface area (Å²) in [5.74, 6) is 0. The van der Waals surface area contributed by atoms with Gasteiger partial charge in [0, 0.05) is 5.69 Å². The highest BCUT2D eigenvalue weighted by Crippen LogP contribution is 2.37. The standard InChI is InChI=1S/C16H14N2O2S/c1-11(10-17)21(19,20)18-14-6-7-16-13(9-14)8-12-4-2-3-5-15(12)16/h2-7,9,11,18H,8H2,1H3. The molecular weight excluding hydrogens is 284 g/mol. The van der Waals surface area contributed by atoms with Gasteiger partial charge in [0.05, 0.1) is 6.07 Å². The summed E-state index contributed by atoms with van der Waals surface area (Å²) in [6.45, 7) is 1.37. The van der Waals surface area contributed by atoms with Gasteiger partial charge in [0.25, 0.3) is 0 Å². The second kappa shape index (κ2) is 4.90. The van der Waals surface area contributed by atoms with Gasteiger partial charge in [-0.05, 0) is 47.7 Å². The molecule has 0 aliphatic heterocycles. The SMILES string of the molecule is CC(C#N)S(=O)(=O)Nc1ccc2c(c1)Cc1ccccc1-2. The summed E-state index contributed by atoms with van der Waals surface area (Å²) in [6, 6.07) is 15.4. The van der Waals surface area contributed by atoms with Crippen molar-refractivity contribution in [2.24, 2.45) is 0 Å². The number of nitrogens with zero attached hydrogens (tertiary/aromatic N) is 1. The highest BCUT2D eigenvalue weighted by atomic mass is 32.2. The van der Waals surface area contributed by atoms with Crippen molar-refractivity contribution >= 4 is 15.7 Å². The third-order valence-corrected chi connectivity index (χ3v) is 5.26. The third kappa shape index (κ3) is 2.39. The van der Waals surface area contributed by atoms with Crippen LogP contribution >= 0.6 is 0 Å². The molecule has 0 bridgehead atoms. The normalized spacial score (nSPS) is 13.9. The van der Waals surface area contributed by atoms with Crippen LogP contribution in [0.15, 0.2) is 42.5 Å². The lowest BCUT2D eigenvalue weighted by molar-refractivity contribution is 0.597. The molecule has 0 radical (unpaired) electrons. The van der Waals surface area contributed by atoms with E-state index in [0.29, 0.717) is 5.69 Å². The number of nitriles is 1. The van der Waals surface area contributed by atoms with E-state index in [0.717, 1.165) is 17.5 Å². The molecule has 2 aromatic rings. The number of rotatable bonds is 3. The van der Waals surface area contributed by atoms with E-state index in [1.807, 2.05) is 24.3 Å². The Balaban J connectivity index is 1.94. The lowest BCUT2D eigenvalue weighted by Gasteiger charge is -2.10. The van der Waals surface area contributed by atoms with E-state index < -0.39 is 15.3 Å². The summed E-state index contributed by atoms with van der Waals surface area (Å²) < 4.78 is 26.3. The molecule has 3 rings (SSSR count). The highest BCUT2D eigenvalue weighted by molar-refractivity contribution is 7.93. The van der Waals surface area contributed by atoms with Gasteiger partial charge in [-0.1, -0.05) is 30.3 Å². The Kier molecular flexibility index (Phi) is 3.19. The van der Waals surface area contributed by atoms with Gasteiger partial charge in [-0.2, -0.15) is 5.26 Å². The Morgan fingerprint density at radius 2 is 1.86 bits per heavy atom. The first-order valence-corrected chi connectivity index (χ1v) is 8.18. The molecule has 0 amide bonds. The van der Waals surface area contributed by atoms with Gasteiger partial charge in [-0.25, -0.2) is 8.42 Å². The summed E-state index contributed by atoms with van der Waals surface area (Å²) in [5, 5.41) is 7.67. The lowest BCUT2D eigenvalue weighted by atomic mass is 10.1. The number of benzene rings is 2. The Labute approximate surface area is 124 Å². The lowest BCUT2D eigenvalue weighted by Crippen LogP contribution is -2.23. The summed E-state index contributed by atoms with van der Waals surface area (Å²) in [6.07, 6.45) is 0.800. The zero-order valence-electron chi connectivity index (χ0n) is 11.5. The molecule has 5 heteroatoms. The molecule has 0 saturated heterocycles. The van der Waals surface area contributed by atoms with Crippen molar-refractivity contribution < 1.29 is 8.42 Å². The molecule has 0 heterocycles. The first kappa shape index (κ1) is 13.7. The van der Waals surface area contributed by atoms with E-state index >= 15 is 0 Å². The maximum Gasteiger partial charge on any atom is 0.248 e. The molecule has 0 aromatic heterocycles. The van der Waals surface area contributed by atoms with Crippen LogP contribution in [0.5, 0.6) is 0 Å². The molecule has 1 aliphatic rings. The van der Waals surface area contributed by atoms with E-state index in [1.165, 1.54) is 18.1 Å². The molecular formula is C16H14N2O2S.